The molecule has 0 bridgehead atoms. The van der Waals surface area contributed by atoms with E-state index in [2.05, 4.69) is 4.98 Å². The molecule has 1 aliphatic rings. The number of primary amides is 1. The van der Waals surface area contributed by atoms with Crippen LogP contribution in [0.2, 0.25) is 0 Å². The number of ether oxygens (including phenoxy) is 2. The Morgan fingerprint density at radius 1 is 0.939 bits per heavy atom. The number of aromatic nitrogens is 1. The van der Waals surface area contributed by atoms with E-state index in [-0.39, 0.29) is 49.3 Å². The third-order valence-corrected chi connectivity index (χ3v) is 8.21. The highest BCUT2D eigenvalue weighted by Gasteiger charge is 2.42. The van der Waals surface area contributed by atoms with Crippen LogP contribution in [-0.4, -0.2) is 52.0 Å². The van der Waals surface area contributed by atoms with Gasteiger partial charge in [-0.15, -0.1) is 0 Å². The van der Waals surface area contributed by atoms with Gasteiger partial charge >= 0.3 is 6.09 Å². The van der Waals surface area contributed by atoms with E-state index in [1.165, 1.54) is 35.4 Å². The number of Topliss-reactive ketones (excluding diaryl/α,β-unsaturated/α-hetero) is 1. The summed E-state index contributed by atoms with van der Waals surface area (Å²) in [7, 11) is 0. The molecule has 3 aromatic carbocycles. The van der Waals surface area contributed by atoms with Gasteiger partial charge in [0.15, 0.2) is 5.78 Å². The summed E-state index contributed by atoms with van der Waals surface area (Å²) in [5, 5.41) is 0. The van der Waals surface area contributed by atoms with E-state index >= 15 is 0 Å². The molecule has 5 rings (SSSR count). The molecule has 2 amide bonds. The van der Waals surface area contributed by atoms with Crippen LogP contribution in [0.25, 0.3) is 11.1 Å². The molecule has 0 radical (unpaired) electrons. The van der Waals surface area contributed by atoms with E-state index in [4.69, 9.17) is 15.2 Å². The van der Waals surface area contributed by atoms with Crippen LogP contribution in [0.15, 0.2) is 85.1 Å². The normalized spacial score (nSPS) is 16.7. The Morgan fingerprint density at radius 2 is 1.65 bits per heavy atom. The zero-order valence-corrected chi connectivity index (χ0v) is 27.5. The molecule has 0 saturated carbocycles. The number of ketones is 1. The minimum absolute atomic E-state index is 0.00139. The van der Waals surface area contributed by atoms with Crippen molar-refractivity contribution in [3.8, 4) is 11.1 Å². The summed E-state index contributed by atoms with van der Waals surface area (Å²) in [6, 6.07) is 18.9. The minimum Gasteiger partial charge on any atom is -0.444 e. The van der Waals surface area contributed by atoms with Gasteiger partial charge in [0.25, 0.3) is 5.91 Å². The number of nitrogens with zero attached hydrogens (tertiary/aromatic N) is 2. The number of nitrogens with two attached hydrogens (primary N) is 1. The molecule has 11 heteroatoms. The van der Waals surface area contributed by atoms with Gasteiger partial charge < -0.3 is 15.2 Å². The SMILES string of the molecule is CC(C)(C)OC(=O)N1C[C@H](OCc2ccccc2)C[C@H]1C(=O)C[C@@H](Cc1cc(F)cc(F)c1)c1ncccc1-c1ccc(F)c(C(N)=O)c1. The molecule has 0 spiro atoms. The number of benzene rings is 3. The molecular weight excluding hydrogens is 635 g/mol. The molecule has 0 unspecified atom stereocenters. The molecule has 2 N–H and O–H groups in total. The van der Waals surface area contributed by atoms with Crippen LogP contribution in [0.3, 0.4) is 0 Å². The summed E-state index contributed by atoms with van der Waals surface area (Å²) < 4.78 is 54.9. The third-order valence-electron chi connectivity index (χ3n) is 8.21. The van der Waals surface area contributed by atoms with Gasteiger partial charge in [-0.3, -0.25) is 19.5 Å². The van der Waals surface area contributed by atoms with Gasteiger partial charge in [-0.05, 0) is 74.2 Å². The lowest BCUT2D eigenvalue weighted by molar-refractivity contribution is -0.123. The average molecular weight is 674 g/mol. The highest BCUT2D eigenvalue weighted by Crippen LogP contribution is 2.35. The molecule has 256 valence electrons. The Kier molecular flexibility index (Phi) is 10.8. The van der Waals surface area contributed by atoms with E-state index in [1.807, 2.05) is 30.3 Å². The fourth-order valence-corrected chi connectivity index (χ4v) is 6.06. The van der Waals surface area contributed by atoms with Crippen LogP contribution >= 0.6 is 0 Å². The Bertz CT molecular complexity index is 1810. The summed E-state index contributed by atoms with van der Waals surface area (Å²) in [5.74, 6) is -4.40. The van der Waals surface area contributed by atoms with E-state index < -0.39 is 53.1 Å². The van der Waals surface area contributed by atoms with Crippen molar-refractivity contribution in [2.75, 3.05) is 6.54 Å². The summed E-state index contributed by atoms with van der Waals surface area (Å²) in [5.41, 5.74) is 6.73. The maximum atomic E-state index is 14.4. The number of pyridine rings is 1. The first-order chi connectivity index (χ1) is 23.3. The number of likely N-dealkylation sites (tertiary alicyclic amines) is 1. The molecule has 1 aromatic heterocycles. The monoisotopic (exact) mass is 673 g/mol. The van der Waals surface area contributed by atoms with Crippen molar-refractivity contribution in [2.45, 2.75) is 70.3 Å². The lowest BCUT2D eigenvalue weighted by atomic mass is 9.85. The zero-order valence-electron chi connectivity index (χ0n) is 27.5. The zero-order chi connectivity index (χ0) is 35.3. The standard InChI is InChI=1S/C38H38F3N3O5/c1-38(2,3)49-37(47)44-21-29(48-22-23-8-5-4-6-9-23)20-33(44)34(45)18-26(14-24-15-27(39)19-28(40)16-24)35-30(10-7-13-43-35)25-11-12-32(41)31(17-25)36(42)46/h4-13,15-17,19,26,29,33H,14,18,20-22H2,1-3H3,(H2,42,46)/t26-,29-,33+/m1/s1. The fourth-order valence-electron chi connectivity index (χ4n) is 6.06. The lowest BCUT2D eigenvalue weighted by Crippen LogP contribution is -2.44. The predicted octanol–water partition coefficient (Wildman–Crippen LogP) is 7.15. The number of hydrogen-bond acceptors (Lipinski definition) is 6. The second kappa shape index (κ2) is 15.0. The van der Waals surface area contributed by atoms with Crippen molar-refractivity contribution in [2.24, 2.45) is 5.73 Å². The first-order valence-corrected chi connectivity index (χ1v) is 15.9. The maximum Gasteiger partial charge on any atom is 0.410 e. The average Bonchev–Trinajstić information content (AvgIpc) is 3.48. The minimum atomic E-state index is -0.959. The van der Waals surface area contributed by atoms with Crippen LogP contribution in [0.4, 0.5) is 18.0 Å². The molecular formula is C38H38F3N3O5. The number of carbonyl (C=O) groups is 3. The van der Waals surface area contributed by atoms with E-state index in [0.29, 0.717) is 16.8 Å². The molecule has 2 heterocycles. The first kappa shape index (κ1) is 35.3. The first-order valence-electron chi connectivity index (χ1n) is 15.9. The molecule has 1 fully saturated rings. The van der Waals surface area contributed by atoms with E-state index in [1.54, 1.807) is 32.9 Å². The summed E-state index contributed by atoms with van der Waals surface area (Å²) >= 11 is 0. The van der Waals surface area contributed by atoms with Crippen molar-refractivity contribution < 1.29 is 37.0 Å². The van der Waals surface area contributed by atoms with Gasteiger partial charge in [0, 0.05) is 36.6 Å². The van der Waals surface area contributed by atoms with Crippen molar-refractivity contribution in [3.63, 3.8) is 0 Å². The maximum absolute atomic E-state index is 14.4. The number of amides is 2. The van der Waals surface area contributed by atoms with Crippen LogP contribution in [0.1, 0.15) is 66.7 Å². The van der Waals surface area contributed by atoms with Gasteiger partial charge in [-0.1, -0.05) is 42.5 Å². The Hall–Kier alpha value is -5.03. The predicted molar refractivity (Wildman–Crippen MR) is 177 cm³/mol. The van der Waals surface area contributed by atoms with Crippen molar-refractivity contribution in [1.82, 2.24) is 9.88 Å². The molecule has 4 aromatic rings. The second-order valence-corrected chi connectivity index (χ2v) is 13.1. The molecule has 49 heavy (non-hydrogen) atoms. The van der Waals surface area contributed by atoms with Crippen LogP contribution in [0.5, 0.6) is 0 Å². The number of halogens is 3. The van der Waals surface area contributed by atoms with Crippen LogP contribution in [-0.2, 0) is 27.3 Å². The van der Waals surface area contributed by atoms with E-state index in [9.17, 15) is 27.6 Å². The highest BCUT2D eigenvalue weighted by molar-refractivity contribution is 5.94. The fraction of sp³-hybridized carbons (Fsp3) is 0.316. The Labute approximate surface area is 283 Å². The Balaban J connectivity index is 1.49. The largest absolute Gasteiger partial charge is 0.444 e. The van der Waals surface area contributed by atoms with Crippen LogP contribution in [0, 0.1) is 17.5 Å². The lowest BCUT2D eigenvalue weighted by Gasteiger charge is -2.29. The number of rotatable bonds is 11. The number of carbonyl (C=O) groups excluding carboxylic acids is 3. The topological polar surface area (TPSA) is 112 Å². The Morgan fingerprint density at radius 3 is 2.33 bits per heavy atom. The molecule has 1 aliphatic heterocycles. The van der Waals surface area contributed by atoms with Gasteiger partial charge in [0.2, 0.25) is 0 Å². The number of hydrogen-bond donors (Lipinski definition) is 1. The third kappa shape index (κ3) is 9.11. The van der Waals surface area contributed by atoms with Gasteiger partial charge in [0.1, 0.15) is 23.1 Å². The molecule has 3 atom stereocenters. The molecule has 0 aliphatic carbocycles. The van der Waals surface area contributed by atoms with Gasteiger partial charge in [-0.25, -0.2) is 18.0 Å². The van der Waals surface area contributed by atoms with Gasteiger partial charge in [-0.2, -0.15) is 0 Å². The highest BCUT2D eigenvalue weighted by atomic mass is 19.1. The van der Waals surface area contributed by atoms with Crippen molar-refractivity contribution in [1.29, 1.82) is 0 Å². The molecule has 8 nitrogen and oxygen atoms in total. The second-order valence-electron chi connectivity index (χ2n) is 13.1. The summed E-state index contributed by atoms with van der Waals surface area (Å²) in [6.07, 6.45) is 0.416. The quantitative estimate of drug-likeness (QED) is 0.181. The van der Waals surface area contributed by atoms with Gasteiger partial charge in [0.05, 0.1) is 36.6 Å². The van der Waals surface area contributed by atoms with Crippen molar-refractivity contribution in [3.05, 3.63) is 125 Å². The van der Waals surface area contributed by atoms with Crippen molar-refractivity contribution >= 4 is 17.8 Å². The smallest absolute Gasteiger partial charge is 0.410 e. The summed E-state index contributed by atoms with van der Waals surface area (Å²) in [4.78, 5) is 45.6. The molecule has 1 saturated heterocycles. The van der Waals surface area contributed by atoms with E-state index in [0.717, 1.165) is 17.7 Å². The van der Waals surface area contributed by atoms with Crippen LogP contribution < -0.4 is 5.73 Å². The summed E-state index contributed by atoms with van der Waals surface area (Å²) in [6.45, 7) is 5.61.